The second kappa shape index (κ2) is 20.7. The summed E-state index contributed by atoms with van der Waals surface area (Å²) in [5.41, 5.74) is 8.18. The van der Waals surface area contributed by atoms with Crippen molar-refractivity contribution < 1.29 is 43.0 Å². The van der Waals surface area contributed by atoms with Crippen LogP contribution in [0, 0.1) is 29.6 Å². The molecule has 3 saturated heterocycles. The summed E-state index contributed by atoms with van der Waals surface area (Å²) in [5.74, 6) is 4.64. The van der Waals surface area contributed by atoms with E-state index in [1.54, 1.807) is 31.2 Å². The summed E-state index contributed by atoms with van der Waals surface area (Å²) in [6, 6.07) is 16.3. The third-order valence-corrected chi connectivity index (χ3v) is 9.82. The van der Waals surface area contributed by atoms with Crippen molar-refractivity contribution in [1.82, 2.24) is 14.7 Å². The second-order valence-corrected chi connectivity index (χ2v) is 14.6. The minimum atomic E-state index is -0.595. The van der Waals surface area contributed by atoms with E-state index in [0.29, 0.717) is 24.6 Å². The molecule has 2 N–H and O–H groups in total. The minimum absolute atomic E-state index is 0.127. The first-order chi connectivity index (χ1) is 26.8. The summed E-state index contributed by atoms with van der Waals surface area (Å²) in [4.78, 5) is 74.1. The number of carbonyl (C=O) groups is 6. The highest BCUT2D eigenvalue weighted by atomic mass is 16.6. The highest BCUT2D eigenvalue weighted by Crippen LogP contribution is 2.26. The number of hydrogen-bond donors (Lipinski definition) is 1. The number of benzene rings is 2. The van der Waals surface area contributed by atoms with Gasteiger partial charge in [0.1, 0.15) is 19.8 Å². The first-order valence-corrected chi connectivity index (χ1v) is 19.0. The van der Waals surface area contributed by atoms with Gasteiger partial charge in [-0.2, -0.15) is 0 Å². The maximum absolute atomic E-state index is 12.4. The Morgan fingerprint density at radius 1 is 0.750 bits per heavy atom. The predicted molar refractivity (Wildman–Crippen MR) is 210 cm³/mol. The molecule has 298 valence electrons. The van der Waals surface area contributed by atoms with Gasteiger partial charge in [-0.15, -0.1) is 0 Å². The summed E-state index contributed by atoms with van der Waals surface area (Å²) >= 11 is 0. The van der Waals surface area contributed by atoms with Crippen LogP contribution >= 0.6 is 0 Å². The highest BCUT2D eigenvalue weighted by Gasteiger charge is 2.40. The Kier molecular flexibility index (Phi) is 15.8. The van der Waals surface area contributed by atoms with E-state index in [0.717, 1.165) is 28.9 Å². The van der Waals surface area contributed by atoms with Crippen molar-refractivity contribution in [3.8, 4) is 11.8 Å². The van der Waals surface area contributed by atoms with Gasteiger partial charge in [0, 0.05) is 11.8 Å². The summed E-state index contributed by atoms with van der Waals surface area (Å²) in [5, 5.41) is 0. The van der Waals surface area contributed by atoms with Crippen LogP contribution in [0.1, 0.15) is 71.4 Å². The fourth-order valence-corrected chi connectivity index (χ4v) is 6.58. The average molecular weight is 769 g/mol. The van der Waals surface area contributed by atoms with Gasteiger partial charge in [0.05, 0.1) is 18.1 Å². The van der Waals surface area contributed by atoms with Crippen LogP contribution in [-0.4, -0.2) is 88.6 Å². The Morgan fingerprint density at radius 3 is 1.88 bits per heavy atom. The van der Waals surface area contributed by atoms with Crippen LogP contribution in [0.4, 0.5) is 20.1 Å². The average Bonchev–Trinajstić information content (AvgIpc) is 3.99. The number of nitrogens with two attached hydrogens (primary N) is 1. The lowest BCUT2D eigenvalue weighted by Gasteiger charge is -2.21. The number of imide groups is 3. The minimum Gasteiger partial charge on any atom is -0.447 e. The standard InChI is InChI=1S/C19H18N2O3.C14H21NO3.C10H13NO3/c20-16-9-6-14(7-10-16)8-11-18(22)21-17(13-24-19(21)23)12-15-4-2-1-3-5-15;1-10(2)12-9-18-14(17)15(12)13(16)8-7-11-5-3-4-6-11;1-4-5-9(12)11-8(7(2)3)6-14-10(11)13/h1-11,17H,12-13,20H2;7-8,10-12H,3-6,9H2,1-2H3;7-8H,6H2,1-3H3/b11-8+;8-7+;/t17-;12-;8-/m011/s1. The Labute approximate surface area is 328 Å². The maximum atomic E-state index is 12.4. The third-order valence-electron chi connectivity index (χ3n) is 9.82. The molecule has 6 rings (SSSR count). The van der Waals surface area contributed by atoms with E-state index in [2.05, 4.69) is 11.8 Å². The number of allylic oxidation sites excluding steroid dienone is 1. The zero-order valence-electron chi connectivity index (χ0n) is 32.7. The Hall–Kier alpha value is -5.90. The predicted octanol–water partition coefficient (Wildman–Crippen LogP) is 6.62. The van der Waals surface area contributed by atoms with Crippen molar-refractivity contribution in [1.29, 1.82) is 0 Å². The van der Waals surface area contributed by atoms with Crippen LogP contribution in [0.15, 0.2) is 72.8 Å². The van der Waals surface area contributed by atoms with Crippen LogP contribution in [0.5, 0.6) is 0 Å². The quantitative estimate of drug-likeness (QED) is 0.134. The fourth-order valence-electron chi connectivity index (χ4n) is 6.58. The third kappa shape index (κ3) is 11.8. The second-order valence-electron chi connectivity index (χ2n) is 14.6. The molecule has 0 aromatic heterocycles. The van der Waals surface area contributed by atoms with Gasteiger partial charge in [-0.05, 0) is 85.3 Å². The molecule has 3 aliphatic heterocycles. The molecule has 3 atom stereocenters. The van der Waals surface area contributed by atoms with E-state index >= 15 is 0 Å². The first-order valence-electron chi connectivity index (χ1n) is 19.0. The van der Waals surface area contributed by atoms with Crippen molar-refractivity contribution in [2.75, 3.05) is 25.6 Å². The van der Waals surface area contributed by atoms with Gasteiger partial charge < -0.3 is 19.9 Å². The number of amides is 6. The van der Waals surface area contributed by atoms with E-state index in [1.807, 2.05) is 76.2 Å². The molecule has 0 spiro atoms. The van der Waals surface area contributed by atoms with Crippen LogP contribution in [-0.2, 0) is 35.0 Å². The largest absolute Gasteiger partial charge is 0.447 e. The number of nitrogen functional groups attached to an aromatic ring is 1. The van der Waals surface area contributed by atoms with Gasteiger partial charge in [0.25, 0.3) is 11.8 Å². The molecule has 0 bridgehead atoms. The molecule has 13 nitrogen and oxygen atoms in total. The van der Waals surface area contributed by atoms with E-state index in [9.17, 15) is 28.8 Å². The van der Waals surface area contributed by atoms with Crippen LogP contribution in [0.3, 0.4) is 0 Å². The van der Waals surface area contributed by atoms with Crippen LogP contribution in [0.25, 0.3) is 6.08 Å². The van der Waals surface area contributed by atoms with E-state index in [4.69, 9.17) is 19.9 Å². The summed E-state index contributed by atoms with van der Waals surface area (Å²) in [6.45, 7) is 10.2. The first kappa shape index (κ1) is 42.8. The molecular formula is C43H52N4O9. The fraction of sp³-hybridized carbons (Fsp3) is 0.442. The molecule has 56 heavy (non-hydrogen) atoms. The summed E-state index contributed by atoms with van der Waals surface area (Å²) in [6.07, 6.45) is 10.2. The SMILES string of the molecule is CC#CC(=O)N1C(=O)OC[C@@H]1C(C)C.CC(C)[C@H]1COC(=O)N1C(=O)/C=C/C1CCCC1.Nc1ccc(/C=C/C(=O)N2C(=O)OC[C@@H]2Cc2ccccc2)cc1. The van der Waals surface area contributed by atoms with Gasteiger partial charge >= 0.3 is 24.2 Å². The van der Waals surface area contributed by atoms with Crippen molar-refractivity contribution >= 4 is 47.8 Å². The van der Waals surface area contributed by atoms with Crippen molar-refractivity contribution in [2.24, 2.45) is 17.8 Å². The molecule has 0 unspecified atom stereocenters. The number of cyclic esters (lactones) is 3. The lowest BCUT2D eigenvalue weighted by molar-refractivity contribution is -0.125. The molecule has 1 aliphatic carbocycles. The van der Waals surface area contributed by atoms with Gasteiger partial charge in [-0.1, -0.05) is 95.0 Å². The highest BCUT2D eigenvalue weighted by molar-refractivity contribution is 6.04. The zero-order valence-corrected chi connectivity index (χ0v) is 32.7. The van der Waals surface area contributed by atoms with Gasteiger partial charge in [0.15, 0.2) is 0 Å². The summed E-state index contributed by atoms with van der Waals surface area (Å²) < 4.78 is 14.8. The number of carbonyl (C=O) groups excluding carboxylic acids is 6. The molecule has 2 aromatic carbocycles. The van der Waals surface area contributed by atoms with Crippen LogP contribution < -0.4 is 5.73 Å². The lowest BCUT2D eigenvalue weighted by atomic mass is 10.0. The molecular weight excluding hydrogens is 716 g/mol. The number of nitrogens with zero attached hydrogens (tertiary/aromatic N) is 3. The molecule has 2 aromatic rings. The Bertz CT molecular complexity index is 1820. The normalized spacial score (nSPS) is 20.7. The Morgan fingerprint density at radius 2 is 1.29 bits per heavy atom. The van der Waals surface area contributed by atoms with Crippen molar-refractivity contribution in [3.63, 3.8) is 0 Å². The van der Waals surface area contributed by atoms with E-state index < -0.39 is 24.2 Å². The molecule has 0 radical (unpaired) electrons. The van der Waals surface area contributed by atoms with Gasteiger partial charge in [-0.3, -0.25) is 14.4 Å². The topological polar surface area (TPSA) is 166 Å². The van der Waals surface area contributed by atoms with Gasteiger partial charge in [-0.25, -0.2) is 29.1 Å². The molecule has 6 amide bonds. The molecule has 4 fully saturated rings. The van der Waals surface area contributed by atoms with Gasteiger partial charge in [0.2, 0.25) is 0 Å². The molecule has 13 heteroatoms. The molecule has 4 aliphatic rings. The van der Waals surface area contributed by atoms with Crippen molar-refractivity contribution in [3.05, 3.63) is 84.0 Å². The number of anilines is 1. The number of rotatable bonds is 8. The number of hydrogen-bond acceptors (Lipinski definition) is 10. The molecule has 3 heterocycles. The smallest absolute Gasteiger partial charge is 0.417 e. The lowest BCUT2D eigenvalue weighted by Crippen LogP contribution is -2.41. The zero-order chi connectivity index (χ0) is 40.8. The Balaban J connectivity index is 0.000000194. The maximum Gasteiger partial charge on any atom is 0.417 e. The van der Waals surface area contributed by atoms with E-state index in [-0.39, 0.29) is 55.0 Å². The van der Waals surface area contributed by atoms with Crippen LogP contribution in [0.2, 0.25) is 0 Å². The number of ether oxygens (including phenoxy) is 3. The monoisotopic (exact) mass is 768 g/mol. The van der Waals surface area contributed by atoms with E-state index in [1.165, 1.54) is 28.7 Å². The van der Waals surface area contributed by atoms with Crippen molar-refractivity contribution in [2.45, 2.75) is 84.8 Å². The molecule has 1 saturated carbocycles. The summed E-state index contributed by atoms with van der Waals surface area (Å²) in [7, 11) is 0.